The molecule has 0 atom stereocenters. The van der Waals surface area contributed by atoms with Crippen molar-refractivity contribution in [2.45, 2.75) is 36.6 Å². The van der Waals surface area contributed by atoms with Crippen molar-refractivity contribution in [2.24, 2.45) is 13.0 Å². The zero-order valence-electron chi connectivity index (χ0n) is 22.2. The van der Waals surface area contributed by atoms with Crippen molar-refractivity contribution in [3.05, 3.63) is 98.0 Å². The van der Waals surface area contributed by atoms with Crippen LogP contribution in [0.15, 0.2) is 86.1 Å². The van der Waals surface area contributed by atoms with Gasteiger partial charge in [0.15, 0.2) is 0 Å². The van der Waals surface area contributed by atoms with E-state index < -0.39 is 0 Å². The maximum absolute atomic E-state index is 13.6. The van der Waals surface area contributed by atoms with Gasteiger partial charge in [-0.1, -0.05) is 86.1 Å². The van der Waals surface area contributed by atoms with E-state index in [0.29, 0.717) is 18.4 Å². The van der Waals surface area contributed by atoms with Gasteiger partial charge in [0.25, 0.3) is 5.56 Å². The Labute approximate surface area is 235 Å². The van der Waals surface area contributed by atoms with Crippen molar-refractivity contribution < 1.29 is 0 Å². The summed E-state index contributed by atoms with van der Waals surface area (Å²) >= 11 is 4.85. The van der Waals surface area contributed by atoms with Crippen LogP contribution in [-0.4, -0.2) is 22.4 Å². The topological polar surface area (TPSA) is 47.2 Å². The quantitative estimate of drug-likeness (QED) is 0.190. The number of anilines is 1. The number of benzene rings is 3. The largest absolute Gasteiger partial charge is 0.331 e. The van der Waals surface area contributed by atoms with Gasteiger partial charge in [-0.3, -0.25) is 13.9 Å². The molecule has 0 aliphatic rings. The first kappa shape index (κ1) is 26.7. The third-order valence-corrected chi connectivity index (χ3v) is 9.89. The Hall–Kier alpha value is -2.94. The Morgan fingerprint density at radius 2 is 1.74 bits per heavy atom. The highest BCUT2D eigenvalue weighted by Crippen LogP contribution is 2.42. The molecule has 0 aliphatic carbocycles. The van der Waals surface area contributed by atoms with E-state index in [-0.39, 0.29) is 17.2 Å². The average molecular weight is 562 g/mol. The van der Waals surface area contributed by atoms with Crippen LogP contribution in [0.3, 0.4) is 0 Å². The lowest BCUT2D eigenvalue weighted by Gasteiger charge is -2.16. The summed E-state index contributed by atoms with van der Waals surface area (Å²) in [6.45, 7) is 4.75. The Kier molecular flexibility index (Phi) is 7.75. The molecule has 2 aromatic heterocycles. The number of thiophene rings is 1. The molecule has 2 heterocycles. The third-order valence-electron chi connectivity index (χ3n) is 6.65. The van der Waals surface area contributed by atoms with Crippen LogP contribution >= 0.6 is 35.0 Å². The minimum Gasteiger partial charge on any atom is -0.319 e. The lowest BCUT2D eigenvalue weighted by atomic mass is 10.0. The van der Waals surface area contributed by atoms with Gasteiger partial charge in [-0.05, 0) is 40.5 Å². The summed E-state index contributed by atoms with van der Waals surface area (Å²) in [6.07, 6.45) is 2.73. The van der Waals surface area contributed by atoms with Crippen LogP contribution in [0, 0.1) is 5.92 Å². The number of hydrogen-bond acceptors (Lipinski definition) is 6. The van der Waals surface area contributed by atoms with Crippen molar-refractivity contribution in [3.63, 3.8) is 0 Å². The van der Waals surface area contributed by atoms with E-state index in [0.717, 1.165) is 25.2 Å². The van der Waals surface area contributed by atoms with Gasteiger partial charge in [0.1, 0.15) is 4.83 Å². The monoisotopic (exact) mass is 561 g/mol. The maximum Gasteiger partial charge on any atom is 0.331 e. The van der Waals surface area contributed by atoms with Crippen LogP contribution in [-0.2, 0) is 20.0 Å². The predicted octanol–water partition coefficient (Wildman–Crippen LogP) is 7.03. The van der Waals surface area contributed by atoms with Crippen LogP contribution in [0.25, 0.3) is 21.0 Å². The molecule has 3 aromatic carbocycles. The highest BCUT2D eigenvalue weighted by atomic mass is 32.2. The molecule has 0 unspecified atom stereocenters. The Bertz CT molecular complexity index is 1740. The minimum absolute atomic E-state index is 0.231. The van der Waals surface area contributed by atoms with Gasteiger partial charge in [0.05, 0.1) is 5.39 Å². The van der Waals surface area contributed by atoms with Crippen molar-refractivity contribution >= 4 is 61.7 Å². The summed E-state index contributed by atoms with van der Waals surface area (Å²) in [7, 11) is 3.63. The Morgan fingerprint density at radius 3 is 2.50 bits per heavy atom. The second kappa shape index (κ2) is 11.0. The molecule has 5 nitrogen and oxygen atoms in total. The summed E-state index contributed by atoms with van der Waals surface area (Å²) in [5.74, 6) is 0.270. The fourth-order valence-electron chi connectivity index (χ4n) is 4.69. The first-order valence-corrected chi connectivity index (χ1v) is 15.4. The predicted molar refractivity (Wildman–Crippen MR) is 165 cm³/mol. The first-order chi connectivity index (χ1) is 18.3. The summed E-state index contributed by atoms with van der Waals surface area (Å²) in [4.78, 5) is 30.7. The molecule has 0 saturated carbocycles. The van der Waals surface area contributed by atoms with Gasteiger partial charge >= 0.3 is 5.69 Å². The molecule has 0 radical (unpaired) electrons. The molecule has 0 bridgehead atoms. The summed E-state index contributed by atoms with van der Waals surface area (Å²) < 4.78 is 5.17. The number of hydrogen-bond donors (Lipinski definition) is 0. The Balaban J connectivity index is 1.74. The second-order valence-corrected chi connectivity index (χ2v) is 12.9. The van der Waals surface area contributed by atoms with Gasteiger partial charge in [-0.25, -0.2) is 4.79 Å². The van der Waals surface area contributed by atoms with Crippen molar-refractivity contribution in [1.82, 2.24) is 9.13 Å². The maximum atomic E-state index is 13.6. The van der Waals surface area contributed by atoms with Crippen LogP contribution in [0.5, 0.6) is 0 Å². The zero-order valence-corrected chi connectivity index (χ0v) is 24.7. The lowest BCUT2D eigenvalue weighted by molar-refractivity contribution is 0.504. The molecule has 0 amide bonds. The molecular formula is C30H31N3O2S3. The fourth-order valence-corrected chi connectivity index (χ4v) is 7.57. The number of aromatic nitrogens is 2. The highest BCUT2D eigenvalue weighted by molar-refractivity contribution is 8.00. The average Bonchev–Trinajstić information content (AvgIpc) is 3.27. The van der Waals surface area contributed by atoms with Gasteiger partial charge in [-0.2, -0.15) is 0 Å². The second-order valence-electron chi connectivity index (χ2n) is 9.78. The van der Waals surface area contributed by atoms with Crippen LogP contribution in [0.2, 0.25) is 0 Å². The minimum atomic E-state index is -0.255. The zero-order chi connectivity index (χ0) is 27.0. The number of fused-ring (bicyclic) bond motifs is 2. The van der Waals surface area contributed by atoms with Gasteiger partial charge in [0, 0.05) is 53.7 Å². The fraction of sp³-hybridized carbons (Fsp3) is 0.267. The molecule has 196 valence electrons. The van der Waals surface area contributed by atoms with E-state index in [1.54, 1.807) is 46.7 Å². The number of nitrogens with zero attached hydrogens (tertiary/aromatic N) is 3. The van der Waals surface area contributed by atoms with E-state index in [1.165, 1.54) is 20.9 Å². The molecule has 0 N–H and O–H groups in total. The van der Waals surface area contributed by atoms with Crippen LogP contribution in [0.4, 0.5) is 5.69 Å². The van der Waals surface area contributed by atoms with Crippen molar-refractivity contribution in [3.8, 4) is 0 Å². The van der Waals surface area contributed by atoms with Crippen LogP contribution < -0.4 is 15.6 Å². The first-order valence-electron chi connectivity index (χ1n) is 12.6. The van der Waals surface area contributed by atoms with E-state index >= 15 is 0 Å². The smallest absolute Gasteiger partial charge is 0.319 e. The summed E-state index contributed by atoms with van der Waals surface area (Å²) in [5, 5.41) is 3.04. The van der Waals surface area contributed by atoms with Crippen molar-refractivity contribution in [2.75, 3.05) is 17.6 Å². The van der Waals surface area contributed by atoms with Gasteiger partial charge < -0.3 is 4.31 Å². The molecule has 5 rings (SSSR count). The highest BCUT2D eigenvalue weighted by Gasteiger charge is 2.23. The lowest BCUT2D eigenvalue weighted by Crippen LogP contribution is -2.38. The molecular weight excluding hydrogens is 531 g/mol. The molecule has 5 aromatic rings. The molecule has 0 saturated heterocycles. The molecule has 0 aliphatic heterocycles. The third kappa shape index (κ3) is 5.05. The standard InChI is InChI=1S/C30H31N3O2S3/c1-19(2)18-33-29-26(28(34)31(3)30(33)35)27(37-23-14-9-13-22(17-23)32(4)36-5)25(38-29)16-21-12-8-11-20-10-6-7-15-24(20)21/h6-15,17,19H,16,18H2,1-5H3. The van der Waals surface area contributed by atoms with Crippen LogP contribution in [0.1, 0.15) is 24.3 Å². The molecule has 8 heteroatoms. The van der Waals surface area contributed by atoms with E-state index in [2.05, 4.69) is 84.9 Å². The van der Waals surface area contributed by atoms with E-state index in [4.69, 9.17) is 0 Å². The Morgan fingerprint density at radius 1 is 1.00 bits per heavy atom. The summed E-state index contributed by atoms with van der Waals surface area (Å²) in [5.41, 5.74) is 1.82. The molecule has 0 spiro atoms. The normalized spacial score (nSPS) is 11.6. The van der Waals surface area contributed by atoms with Gasteiger partial charge in [0.2, 0.25) is 0 Å². The molecule has 0 fully saturated rings. The molecule has 38 heavy (non-hydrogen) atoms. The van der Waals surface area contributed by atoms with Crippen molar-refractivity contribution in [1.29, 1.82) is 0 Å². The van der Waals surface area contributed by atoms with Gasteiger partial charge in [-0.15, -0.1) is 11.3 Å². The summed E-state index contributed by atoms with van der Waals surface area (Å²) in [6, 6.07) is 23.2. The SMILES string of the molecule is CSN(C)c1cccc(Sc2c(Cc3cccc4ccccc34)sc3c2c(=O)n(C)c(=O)n3CC(C)C)c1. The number of rotatable bonds is 8. The van der Waals surface area contributed by atoms with E-state index in [9.17, 15) is 9.59 Å². The van der Waals surface area contributed by atoms with E-state index in [1.807, 2.05) is 13.3 Å².